The number of pyridine rings is 1. The minimum absolute atomic E-state index is 0.00661. The van der Waals surface area contributed by atoms with Crippen molar-refractivity contribution in [2.45, 2.75) is 50.5 Å². The maximum absolute atomic E-state index is 12.6. The number of nitrogens with zero attached hydrogens (tertiary/aromatic N) is 1. The van der Waals surface area contributed by atoms with Crippen molar-refractivity contribution in [3.05, 3.63) is 18.5 Å². The third-order valence-electron chi connectivity index (χ3n) is 4.15. The van der Waals surface area contributed by atoms with E-state index in [9.17, 15) is 8.42 Å². The van der Waals surface area contributed by atoms with Gasteiger partial charge in [-0.3, -0.25) is 4.98 Å². The minimum atomic E-state index is -3.55. The highest BCUT2D eigenvalue weighted by Crippen LogP contribution is 2.36. The van der Waals surface area contributed by atoms with Gasteiger partial charge in [-0.2, -0.15) is 0 Å². The van der Waals surface area contributed by atoms with Crippen LogP contribution in [0.5, 0.6) is 0 Å². The van der Waals surface area contributed by atoms with Crippen LogP contribution in [0.25, 0.3) is 0 Å². The van der Waals surface area contributed by atoms with E-state index in [1.54, 1.807) is 19.3 Å². The standard InChI is InChI=1S/C14H23N3O2S/c1-14(2)8-5-4-6-13(14)17-20(18,19)12-10-16-9-7-11(12)15-3/h7,9-10,13,17H,4-6,8H2,1-3H3,(H,15,16). The largest absolute Gasteiger partial charge is 0.387 e. The molecule has 1 saturated carbocycles. The summed E-state index contributed by atoms with van der Waals surface area (Å²) in [5.74, 6) is 0. The third kappa shape index (κ3) is 3.12. The lowest BCUT2D eigenvalue weighted by molar-refractivity contribution is 0.188. The maximum atomic E-state index is 12.6. The van der Waals surface area contributed by atoms with Crippen LogP contribution in [-0.2, 0) is 10.0 Å². The quantitative estimate of drug-likeness (QED) is 0.895. The van der Waals surface area contributed by atoms with Crippen molar-refractivity contribution in [2.24, 2.45) is 5.41 Å². The first kappa shape index (κ1) is 15.3. The molecular formula is C14H23N3O2S. The number of rotatable bonds is 4. The molecule has 2 rings (SSSR count). The Morgan fingerprint density at radius 3 is 2.75 bits per heavy atom. The molecule has 5 nitrogen and oxygen atoms in total. The number of sulfonamides is 1. The molecule has 0 radical (unpaired) electrons. The van der Waals surface area contributed by atoms with E-state index in [1.165, 1.54) is 12.6 Å². The fourth-order valence-electron chi connectivity index (χ4n) is 2.76. The second-order valence-corrected chi connectivity index (χ2v) is 7.71. The number of hydrogen-bond donors (Lipinski definition) is 2. The zero-order valence-corrected chi connectivity index (χ0v) is 13.1. The van der Waals surface area contributed by atoms with Gasteiger partial charge in [0.1, 0.15) is 4.90 Å². The van der Waals surface area contributed by atoms with Crippen molar-refractivity contribution in [2.75, 3.05) is 12.4 Å². The Labute approximate surface area is 121 Å². The smallest absolute Gasteiger partial charge is 0.244 e. The normalized spacial score (nSPS) is 22.4. The van der Waals surface area contributed by atoms with Crippen LogP contribution < -0.4 is 10.0 Å². The fraction of sp³-hybridized carbons (Fsp3) is 0.643. The van der Waals surface area contributed by atoms with Gasteiger partial charge in [0.25, 0.3) is 0 Å². The van der Waals surface area contributed by atoms with Gasteiger partial charge < -0.3 is 5.32 Å². The molecule has 112 valence electrons. The van der Waals surface area contributed by atoms with Crippen molar-refractivity contribution in [3.63, 3.8) is 0 Å². The molecule has 1 atom stereocenters. The van der Waals surface area contributed by atoms with E-state index in [1.807, 2.05) is 0 Å². The molecule has 0 bridgehead atoms. The van der Waals surface area contributed by atoms with Gasteiger partial charge in [-0.25, -0.2) is 13.1 Å². The Kier molecular flexibility index (Phi) is 4.34. The van der Waals surface area contributed by atoms with E-state index in [-0.39, 0.29) is 16.4 Å². The molecule has 0 aromatic carbocycles. The average molecular weight is 297 g/mol. The predicted octanol–water partition coefficient (Wildman–Crippen LogP) is 2.37. The molecule has 1 unspecified atom stereocenters. The second kappa shape index (κ2) is 5.69. The molecule has 1 aliphatic carbocycles. The summed E-state index contributed by atoms with van der Waals surface area (Å²) >= 11 is 0. The molecule has 2 N–H and O–H groups in total. The van der Waals surface area contributed by atoms with Crippen molar-refractivity contribution >= 4 is 15.7 Å². The van der Waals surface area contributed by atoms with Gasteiger partial charge in [-0.15, -0.1) is 0 Å². The van der Waals surface area contributed by atoms with Crippen LogP contribution in [0.15, 0.2) is 23.4 Å². The second-order valence-electron chi connectivity index (χ2n) is 6.03. The molecule has 0 amide bonds. The first-order chi connectivity index (χ1) is 9.37. The number of anilines is 1. The summed E-state index contributed by atoms with van der Waals surface area (Å²) in [4.78, 5) is 4.14. The first-order valence-electron chi connectivity index (χ1n) is 7.01. The first-order valence-corrected chi connectivity index (χ1v) is 8.49. The lowest BCUT2D eigenvalue weighted by Gasteiger charge is -2.38. The lowest BCUT2D eigenvalue weighted by Crippen LogP contribution is -2.46. The average Bonchev–Trinajstić information content (AvgIpc) is 2.41. The third-order valence-corrected chi connectivity index (χ3v) is 5.65. The van der Waals surface area contributed by atoms with E-state index in [4.69, 9.17) is 0 Å². The van der Waals surface area contributed by atoms with E-state index in [0.717, 1.165) is 19.3 Å². The summed E-state index contributed by atoms with van der Waals surface area (Å²) in [5.41, 5.74) is 0.564. The topological polar surface area (TPSA) is 71.1 Å². The molecule has 6 heteroatoms. The number of nitrogens with one attached hydrogen (secondary N) is 2. The highest BCUT2D eigenvalue weighted by atomic mass is 32.2. The summed E-state index contributed by atoms with van der Waals surface area (Å²) in [6.45, 7) is 4.25. The molecule has 0 aliphatic heterocycles. The Hall–Kier alpha value is -1.14. The van der Waals surface area contributed by atoms with Crippen molar-refractivity contribution in [1.82, 2.24) is 9.71 Å². The predicted molar refractivity (Wildman–Crippen MR) is 80.1 cm³/mol. The van der Waals surface area contributed by atoms with E-state index < -0.39 is 10.0 Å². The van der Waals surface area contributed by atoms with Crippen LogP contribution in [0, 0.1) is 5.41 Å². The van der Waals surface area contributed by atoms with Gasteiger partial charge in [0.15, 0.2) is 0 Å². The van der Waals surface area contributed by atoms with Crippen LogP contribution in [0.1, 0.15) is 39.5 Å². The van der Waals surface area contributed by atoms with Gasteiger partial charge in [0.05, 0.1) is 5.69 Å². The summed E-state index contributed by atoms with van der Waals surface area (Å²) in [6.07, 6.45) is 7.15. The molecule has 1 heterocycles. The summed E-state index contributed by atoms with van der Waals surface area (Å²) in [5, 5.41) is 2.90. The van der Waals surface area contributed by atoms with Crippen molar-refractivity contribution in [3.8, 4) is 0 Å². The van der Waals surface area contributed by atoms with Crippen LogP contribution in [-0.4, -0.2) is 26.5 Å². The highest BCUT2D eigenvalue weighted by Gasteiger charge is 2.35. The summed E-state index contributed by atoms with van der Waals surface area (Å²) in [6, 6.07) is 1.65. The van der Waals surface area contributed by atoms with Crippen LogP contribution >= 0.6 is 0 Å². The highest BCUT2D eigenvalue weighted by molar-refractivity contribution is 7.89. The summed E-state index contributed by atoms with van der Waals surface area (Å²) < 4.78 is 28.0. The molecule has 1 aromatic heterocycles. The Morgan fingerprint density at radius 1 is 1.35 bits per heavy atom. The molecule has 1 aliphatic rings. The van der Waals surface area contributed by atoms with Crippen LogP contribution in [0.2, 0.25) is 0 Å². The number of aromatic nitrogens is 1. The van der Waals surface area contributed by atoms with Gasteiger partial charge in [-0.1, -0.05) is 26.7 Å². The molecule has 20 heavy (non-hydrogen) atoms. The molecule has 0 spiro atoms. The van der Waals surface area contributed by atoms with Gasteiger partial charge in [0.2, 0.25) is 10.0 Å². The Balaban J connectivity index is 2.27. The molecule has 1 fully saturated rings. The van der Waals surface area contributed by atoms with Gasteiger partial charge in [-0.05, 0) is 24.3 Å². The lowest BCUT2D eigenvalue weighted by atomic mass is 9.74. The fourth-order valence-corrected chi connectivity index (χ4v) is 4.36. The SMILES string of the molecule is CNc1ccncc1S(=O)(=O)NC1CCCCC1(C)C. The maximum Gasteiger partial charge on any atom is 0.244 e. The minimum Gasteiger partial charge on any atom is -0.387 e. The molecular weight excluding hydrogens is 274 g/mol. The van der Waals surface area contributed by atoms with E-state index in [2.05, 4.69) is 28.9 Å². The van der Waals surface area contributed by atoms with Crippen molar-refractivity contribution < 1.29 is 8.42 Å². The zero-order valence-electron chi connectivity index (χ0n) is 12.3. The summed E-state index contributed by atoms with van der Waals surface area (Å²) in [7, 11) is -1.84. The zero-order chi connectivity index (χ0) is 14.8. The molecule has 0 saturated heterocycles. The van der Waals surface area contributed by atoms with E-state index >= 15 is 0 Å². The Bertz CT molecular complexity index is 570. The Morgan fingerprint density at radius 2 is 2.10 bits per heavy atom. The van der Waals surface area contributed by atoms with Crippen LogP contribution in [0.3, 0.4) is 0 Å². The van der Waals surface area contributed by atoms with Crippen LogP contribution in [0.4, 0.5) is 5.69 Å². The van der Waals surface area contributed by atoms with Gasteiger partial charge in [0, 0.05) is 25.5 Å². The monoisotopic (exact) mass is 297 g/mol. The molecule has 1 aromatic rings. The van der Waals surface area contributed by atoms with E-state index in [0.29, 0.717) is 5.69 Å². The number of hydrogen-bond acceptors (Lipinski definition) is 4. The van der Waals surface area contributed by atoms with Gasteiger partial charge >= 0.3 is 0 Å². The van der Waals surface area contributed by atoms with Crippen molar-refractivity contribution in [1.29, 1.82) is 0 Å².